The average Bonchev–Trinajstić information content (AvgIpc) is 3.23. The second-order valence-corrected chi connectivity index (χ2v) is 8.62. The van der Waals surface area contributed by atoms with Crippen molar-refractivity contribution in [1.29, 1.82) is 0 Å². The number of anilines is 2. The summed E-state index contributed by atoms with van der Waals surface area (Å²) >= 11 is 0. The number of rotatable bonds is 5. The molecular formula is C26H23F3N2O4. The summed E-state index contributed by atoms with van der Waals surface area (Å²) in [5.41, 5.74) is 0.860. The number of nitrogens with one attached hydrogen (secondary N) is 2. The first kappa shape index (κ1) is 24.3. The molecule has 0 bridgehead atoms. The van der Waals surface area contributed by atoms with Gasteiger partial charge in [-0.15, -0.1) is 0 Å². The topological polar surface area (TPSA) is 98.7 Å². The molecule has 4 rings (SSSR count). The van der Waals surface area contributed by atoms with Gasteiger partial charge in [-0.2, -0.15) is 13.2 Å². The summed E-state index contributed by atoms with van der Waals surface area (Å²) in [5.74, 6) is -1.44. The van der Waals surface area contributed by atoms with Gasteiger partial charge < -0.3 is 20.8 Å². The van der Waals surface area contributed by atoms with Gasteiger partial charge in [0, 0.05) is 11.4 Å². The molecule has 1 fully saturated rings. The van der Waals surface area contributed by atoms with E-state index in [0.29, 0.717) is 24.1 Å². The van der Waals surface area contributed by atoms with Gasteiger partial charge in [-0.05, 0) is 66.3 Å². The average molecular weight is 484 g/mol. The SMILES string of the molecule is O=C(Nc1ccc(-c2ccc([C@@]3(O)CC[C@@H](C(=O)O)C3)cc2)cc1)Nc1cccc(C(F)(F)F)c1. The van der Waals surface area contributed by atoms with Gasteiger partial charge in [-0.25, -0.2) is 4.79 Å². The Kier molecular flexibility index (Phi) is 6.53. The summed E-state index contributed by atoms with van der Waals surface area (Å²) in [6.45, 7) is 0. The summed E-state index contributed by atoms with van der Waals surface area (Å²) in [4.78, 5) is 23.4. The Morgan fingerprint density at radius 2 is 1.49 bits per heavy atom. The Hall–Kier alpha value is -3.85. The molecule has 0 spiro atoms. The van der Waals surface area contributed by atoms with E-state index in [1.807, 2.05) is 12.1 Å². The van der Waals surface area contributed by atoms with E-state index in [0.717, 1.165) is 23.3 Å². The molecule has 0 saturated heterocycles. The van der Waals surface area contributed by atoms with E-state index < -0.39 is 35.3 Å². The fourth-order valence-corrected chi connectivity index (χ4v) is 4.28. The van der Waals surface area contributed by atoms with Crippen molar-refractivity contribution in [3.63, 3.8) is 0 Å². The Morgan fingerprint density at radius 1 is 0.886 bits per heavy atom. The molecule has 1 aliphatic rings. The lowest BCUT2D eigenvalue weighted by molar-refractivity contribution is -0.142. The highest BCUT2D eigenvalue weighted by Gasteiger charge is 2.41. The Bertz CT molecular complexity index is 1230. The number of carboxylic acids is 1. The molecule has 2 amide bonds. The lowest BCUT2D eigenvalue weighted by atomic mass is 9.90. The third-order valence-electron chi connectivity index (χ3n) is 6.19. The van der Waals surface area contributed by atoms with Crippen molar-refractivity contribution >= 4 is 23.4 Å². The quantitative estimate of drug-likeness (QED) is 0.352. The number of carbonyl (C=O) groups excluding carboxylic acids is 1. The van der Waals surface area contributed by atoms with Gasteiger partial charge >= 0.3 is 18.2 Å². The van der Waals surface area contributed by atoms with Crippen LogP contribution in [0.3, 0.4) is 0 Å². The second-order valence-electron chi connectivity index (χ2n) is 8.62. The zero-order valence-electron chi connectivity index (χ0n) is 18.5. The minimum Gasteiger partial charge on any atom is -0.481 e. The van der Waals surface area contributed by atoms with Crippen LogP contribution in [0.25, 0.3) is 11.1 Å². The van der Waals surface area contributed by atoms with Gasteiger partial charge in [0.25, 0.3) is 0 Å². The molecule has 2 atom stereocenters. The number of carboxylic acid groups (broad SMARTS) is 1. The minimum absolute atomic E-state index is 0.0210. The standard InChI is InChI=1S/C26H23F3N2O4/c27-26(28,29)20-2-1-3-22(14-20)31-24(34)30-21-10-6-17(7-11-21)16-4-8-19(9-5-16)25(35)13-12-18(15-25)23(32)33/h1-11,14,18,35H,12-13,15H2,(H,32,33)(H2,30,31,34)/t18-,25-/m1/s1. The number of benzene rings is 3. The van der Waals surface area contributed by atoms with Crippen LogP contribution in [0, 0.1) is 5.92 Å². The van der Waals surface area contributed by atoms with Gasteiger partial charge in [0.05, 0.1) is 17.1 Å². The summed E-state index contributed by atoms with van der Waals surface area (Å²) in [5, 5.41) is 25.0. The van der Waals surface area contributed by atoms with Gasteiger partial charge in [-0.3, -0.25) is 4.79 Å². The molecule has 1 aliphatic carbocycles. The maximum Gasteiger partial charge on any atom is 0.416 e. The van der Waals surface area contributed by atoms with Crippen molar-refractivity contribution in [3.05, 3.63) is 83.9 Å². The first-order valence-corrected chi connectivity index (χ1v) is 10.9. The lowest BCUT2D eigenvalue weighted by Crippen LogP contribution is -2.23. The number of urea groups is 1. The Labute approximate surface area is 199 Å². The highest BCUT2D eigenvalue weighted by Crippen LogP contribution is 2.42. The van der Waals surface area contributed by atoms with Crippen LogP contribution in [0.15, 0.2) is 72.8 Å². The van der Waals surface area contributed by atoms with Crippen LogP contribution in [0.4, 0.5) is 29.3 Å². The highest BCUT2D eigenvalue weighted by atomic mass is 19.4. The molecule has 3 aromatic carbocycles. The van der Waals surface area contributed by atoms with Crippen molar-refractivity contribution in [1.82, 2.24) is 0 Å². The predicted octanol–water partition coefficient (Wildman–Crippen LogP) is 6.09. The van der Waals surface area contributed by atoms with Crippen LogP contribution in [-0.2, 0) is 16.6 Å². The van der Waals surface area contributed by atoms with E-state index in [1.54, 1.807) is 36.4 Å². The monoisotopic (exact) mass is 484 g/mol. The van der Waals surface area contributed by atoms with E-state index in [-0.39, 0.29) is 12.1 Å². The fourth-order valence-electron chi connectivity index (χ4n) is 4.28. The van der Waals surface area contributed by atoms with Gasteiger partial charge in [-0.1, -0.05) is 42.5 Å². The molecule has 3 aromatic rings. The van der Waals surface area contributed by atoms with Crippen LogP contribution < -0.4 is 10.6 Å². The van der Waals surface area contributed by atoms with Crippen LogP contribution in [-0.4, -0.2) is 22.2 Å². The third-order valence-corrected chi connectivity index (χ3v) is 6.19. The number of aliphatic hydroxyl groups is 1. The van der Waals surface area contributed by atoms with E-state index in [2.05, 4.69) is 10.6 Å². The maximum atomic E-state index is 12.8. The van der Waals surface area contributed by atoms with E-state index in [4.69, 9.17) is 0 Å². The number of aliphatic carboxylic acids is 1. The summed E-state index contributed by atoms with van der Waals surface area (Å²) in [6, 6.07) is 17.8. The van der Waals surface area contributed by atoms with Crippen LogP contribution in [0.5, 0.6) is 0 Å². The van der Waals surface area contributed by atoms with Crippen LogP contribution >= 0.6 is 0 Å². The van der Waals surface area contributed by atoms with E-state index >= 15 is 0 Å². The number of alkyl halides is 3. The molecule has 0 aliphatic heterocycles. The number of amides is 2. The zero-order valence-corrected chi connectivity index (χ0v) is 18.5. The molecule has 0 aromatic heterocycles. The molecular weight excluding hydrogens is 461 g/mol. The lowest BCUT2D eigenvalue weighted by Gasteiger charge is -2.23. The number of hydrogen-bond donors (Lipinski definition) is 4. The smallest absolute Gasteiger partial charge is 0.416 e. The Balaban J connectivity index is 1.38. The first-order valence-electron chi connectivity index (χ1n) is 10.9. The molecule has 0 unspecified atom stereocenters. The van der Waals surface area contributed by atoms with Crippen molar-refractivity contribution in [2.45, 2.75) is 31.0 Å². The van der Waals surface area contributed by atoms with Crippen LogP contribution in [0.1, 0.15) is 30.4 Å². The van der Waals surface area contributed by atoms with Crippen molar-refractivity contribution < 1.29 is 33.0 Å². The van der Waals surface area contributed by atoms with Crippen LogP contribution in [0.2, 0.25) is 0 Å². The Morgan fingerprint density at radius 3 is 2.06 bits per heavy atom. The van der Waals surface area contributed by atoms with Crippen molar-refractivity contribution in [2.24, 2.45) is 5.92 Å². The van der Waals surface area contributed by atoms with Gasteiger partial charge in [0.1, 0.15) is 0 Å². The molecule has 182 valence electrons. The number of carbonyl (C=O) groups is 2. The third kappa shape index (κ3) is 5.63. The molecule has 9 heteroatoms. The highest BCUT2D eigenvalue weighted by molar-refractivity contribution is 5.99. The van der Waals surface area contributed by atoms with Crippen molar-refractivity contribution in [2.75, 3.05) is 10.6 Å². The van der Waals surface area contributed by atoms with E-state index in [9.17, 15) is 33.0 Å². The molecule has 4 N–H and O–H groups in total. The molecule has 6 nitrogen and oxygen atoms in total. The first-order chi connectivity index (χ1) is 16.5. The number of hydrogen-bond acceptors (Lipinski definition) is 3. The summed E-state index contributed by atoms with van der Waals surface area (Å²) in [6.07, 6.45) is -3.49. The van der Waals surface area contributed by atoms with Crippen molar-refractivity contribution in [3.8, 4) is 11.1 Å². The molecule has 1 saturated carbocycles. The summed E-state index contributed by atoms with van der Waals surface area (Å²) in [7, 11) is 0. The fraction of sp³-hybridized carbons (Fsp3) is 0.231. The largest absolute Gasteiger partial charge is 0.481 e. The number of halogens is 3. The maximum absolute atomic E-state index is 12.8. The van der Waals surface area contributed by atoms with E-state index in [1.165, 1.54) is 12.1 Å². The normalized spacial score (nSPS) is 19.8. The predicted molar refractivity (Wildman–Crippen MR) is 125 cm³/mol. The van der Waals surface area contributed by atoms with Gasteiger partial charge in [0.15, 0.2) is 0 Å². The minimum atomic E-state index is -4.50. The summed E-state index contributed by atoms with van der Waals surface area (Å²) < 4.78 is 38.5. The molecule has 35 heavy (non-hydrogen) atoms. The molecule has 0 heterocycles. The molecule has 0 radical (unpaired) electrons. The second kappa shape index (κ2) is 9.42. The van der Waals surface area contributed by atoms with Gasteiger partial charge in [0.2, 0.25) is 0 Å². The zero-order chi connectivity index (χ0) is 25.2.